The Hall–Kier alpha value is -2.47. The molecule has 0 radical (unpaired) electrons. The number of fused-ring (bicyclic) bond motifs is 1. The Morgan fingerprint density at radius 3 is 2.72 bits per heavy atom. The molecule has 2 saturated heterocycles. The van der Waals surface area contributed by atoms with E-state index in [0.29, 0.717) is 11.7 Å². The highest BCUT2D eigenvalue weighted by atomic mass is 16.5. The third kappa shape index (κ3) is 3.49. The molecule has 6 heteroatoms. The number of rotatable bonds is 3. The van der Waals surface area contributed by atoms with Crippen LogP contribution in [-0.2, 0) is 0 Å². The molecular formula is C19H22N4O2. The molecule has 0 N–H and O–H groups in total. The van der Waals surface area contributed by atoms with Crippen molar-refractivity contribution in [2.45, 2.75) is 25.5 Å². The van der Waals surface area contributed by atoms with E-state index in [1.807, 2.05) is 42.2 Å². The van der Waals surface area contributed by atoms with Gasteiger partial charge in [0, 0.05) is 44.8 Å². The quantitative estimate of drug-likeness (QED) is 0.854. The molecule has 2 fully saturated rings. The summed E-state index contributed by atoms with van der Waals surface area (Å²) in [6, 6.07) is 10.3. The molecule has 2 aromatic rings. The largest absolute Gasteiger partial charge is 0.489 e. The van der Waals surface area contributed by atoms with E-state index >= 15 is 0 Å². The Kier molecular flexibility index (Phi) is 4.36. The van der Waals surface area contributed by atoms with E-state index in [2.05, 4.69) is 14.9 Å². The molecule has 6 nitrogen and oxygen atoms in total. The maximum Gasteiger partial charge on any atom is 0.274 e. The second-order valence-corrected chi connectivity index (χ2v) is 6.73. The number of aryl methyl sites for hydroxylation is 1. The van der Waals surface area contributed by atoms with Crippen LogP contribution >= 0.6 is 0 Å². The fourth-order valence-corrected chi connectivity index (χ4v) is 3.62. The predicted molar refractivity (Wildman–Crippen MR) is 93.5 cm³/mol. The highest BCUT2D eigenvalue weighted by Gasteiger charge is 2.38. The molecule has 1 aromatic carbocycles. The summed E-state index contributed by atoms with van der Waals surface area (Å²) in [5, 5.41) is 0. The minimum Gasteiger partial charge on any atom is -0.489 e. The van der Waals surface area contributed by atoms with E-state index < -0.39 is 0 Å². The van der Waals surface area contributed by atoms with Crippen LogP contribution < -0.4 is 4.74 Å². The fourth-order valence-electron chi connectivity index (χ4n) is 3.62. The van der Waals surface area contributed by atoms with Crippen LogP contribution in [0.4, 0.5) is 0 Å². The molecule has 1 aromatic heterocycles. The minimum atomic E-state index is -0.0282. The standard InChI is InChI=1S/C19H22N4O2/c1-14-10-21-18(11-20-14)19(24)23-8-7-22-13-17(9-15(22)12-23)25-16-5-3-2-4-6-16/h2-6,10-11,15,17H,7-9,12-13H2,1H3/t15-,17+/m0/s1. The topological polar surface area (TPSA) is 58.6 Å². The van der Waals surface area contributed by atoms with Gasteiger partial charge in [-0.1, -0.05) is 18.2 Å². The molecule has 2 aliphatic heterocycles. The molecule has 2 aliphatic rings. The number of carbonyl (C=O) groups excluding carboxylic acids is 1. The van der Waals surface area contributed by atoms with Gasteiger partial charge in [0.05, 0.1) is 11.9 Å². The summed E-state index contributed by atoms with van der Waals surface area (Å²) in [6.07, 6.45) is 4.34. The van der Waals surface area contributed by atoms with Crippen molar-refractivity contribution in [1.29, 1.82) is 0 Å². The third-order valence-electron chi connectivity index (χ3n) is 4.91. The minimum absolute atomic E-state index is 0.0282. The van der Waals surface area contributed by atoms with Gasteiger partial charge < -0.3 is 9.64 Å². The zero-order valence-corrected chi connectivity index (χ0v) is 14.3. The van der Waals surface area contributed by atoms with Gasteiger partial charge in [0.25, 0.3) is 5.91 Å². The number of carbonyl (C=O) groups is 1. The molecule has 4 rings (SSSR count). The molecule has 0 aliphatic carbocycles. The Balaban J connectivity index is 1.38. The summed E-state index contributed by atoms with van der Waals surface area (Å²) in [5.41, 5.74) is 1.24. The highest BCUT2D eigenvalue weighted by molar-refractivity contribution is 5.92. The normalized spacial score (nSPS) is 23.3. The zero-order valence-electron chi connectivity index (χ0n) is 14.3. The summed E-state index contributed by atoms with van der Waals surface area (Å²) in [5.74, 6) is 0.884. The van der Waals surface area contributed by atoms with Crippen molar-refractivity contribution in [3.05, 3.63) is 54.1 Å². The van der Waals surface area contributed by atoms with Crippen molar-refractivity contribution < 1.29 is 9.53 Å². The summed E-state index contributed by atoms with van der Waals surface area (Å²) in [7, 11) is 0. The lowest BCUT2D eigenvalue weighted by molar-refractivity contribution is 0.0563. The number of benzene rings is 1. The highest BCUT2D eigenvalue weighted by Crippen LogP contribution is 2.26. The van der Waals surface area contributed by atoms with Crippen molar-refractivity contribution in [1.82, 2.24) is 19.8 Å². The van der Waals surface area contributed by atoms with Crippen LogP contribution in [-0.4, -0.2) is 64.0 Å². The number of ether oxygens (including phenoxy) is 1. The van der Waals surface area contributed by atoms with Gasteiger partial charge in [-0.25, -0.2) is 4.98 Å². The Morgan fingerprint density at radius 1 is 1.12 bits per heavy atom. The lowest BCUT2D eigenvalue weighted by atomic mass is 10.1. The van der Waals surface area contributed by atoms with Crippen molar-refractivity contribution in [3.8, 4) is 5.75 Å². The molecular weight excluding hydrogens is 316 g/mol. The van der Waals surface area contributed by atoms with Gasteiger partial charge in [0.2, 0.25) is 0 Å². The smallest absolute Gasteiger partial charge is 0.274 e. The first-order chi connectivity index (χ1) is 12.2. The molecule has 3 heterocycles. The van der Waals surface area contributed by atoms with E-state index in [-0.39, 0.29) is 12.0 Å². The first kappa shape index (κ1) is 16.0. The summed E-state index contributed by atoms with van der Waals surface area (Å²) in [4.78, 5) is 25.4. The number of amides is 1. The lowest BCUT2D eigenvalue weighted by Gasteiger charge is -2.36. The molecule has 0 saturated carbocycles. The maximum atomic E-state index is 12.6. The van der Waals surface area contributed by atoms with Crippen molar-refractivity contribution in [2.75, 3.05) is 26.2 Å². The Bertz CT molecular complexity index is 735. The van der Waals surface area contributed by atoms with Crippen molar-refractivity contribution in [2.24, 2.45) is 0 Å². The van der Waals surface area contributed by atoms with E-state index in [1.165, 1.54) is 0 Å². The molecule has 25 heavy (non-hydrogen) atoms. The van der Waals surface area contributed by atoms with Crippen LogP contribution in [0.25, 0.3) is 0 Å². The SMILES string of the molecule is Cc1cnc(C(=O)N2CCN3C[C@H](Oc4ccccc4)C[C@H]3C2)cn1. The van der Waals surface area contributed by atoms with Gasteiger partial charge in [-0.05, 0) is 19.1 Å². The van der Waals surface area contributed by atoms with Crippen molar-refractivity contribution >= 4 is 5.91 Å². The van der Waals surface area contributed by atoms with E-state index in [4.69, 9.17) is 4.74 Å². The maximum absolute atomic E-state index is 12.6. The van der Waals surface area contributed by atoms with Gasteiger partial charge in [-0.2, -0.15) is 0 Å². The zero-order chi connectivity index (χ0) is 17.2. The number of hydrogen-bond acceptors (Lipinski definition) is 5. The summed E-state index contributed by atoms with van der Waals surface area (Å²) < 4.78 is 6.09. The number of nitrogens with zero attached hydrogens (tertiary/aromatic N) is 4. The van der Waals surface area contributed by atoms with Crippen LogP contribution in [0.5, 0.6) is 5.75 Å². The van der Waals surface area contributed by atoms with Gasteiger partial charge in [0.15, 0.2) is 0 Å². The third-order valence-corrected chi connectivity index (χ3v) is 4.91. The molecule has 2 atom stereocenters. The van der Waals surface area contributed by atoms with Gasteiger partial charge in [-0.15, -0.1) is 0 Å². The van der Waals surface area contributed by atoms with E-state index in [0.717, 1.165) is 44.0 Å². The van der Waals surface area contributed by atoms with Crippen LogP contribution in [0.15, 0.2) is 42.7 Å². The van der Waals surface area contributed by atoms with Crippen LogP contribution in [0.2, 0.25) is 0 Å². The van der Waals surface area contributed by atoms with Gasteiger partial charge in [-0.3, -0.25) is 14.7 Å². The predicted octanol–water partition coefficient (Wildman–Crippen LogP) is 1.76. The number of hydrogen-bond donors (Lipinski definition) is 0. The van der Waals surface area contributed by atoms with Crippen molar-refractivity contribution in [3.63, 3.8) is 0 Å². The number of piperazine rings is 1. The van der Waals surface area contributed by atoms with Gasteiger partial charge >= 0.3 is 0 Å². The molecule has 0 bridgehead atoms. The Morgan fingerprint density at radius 2 is 1.96 bits per heavy atom. The van der Waals surface area contributed by atoms with Crippen LogP contribution in [0.1, 0.15) is 22.6 Å². The average molecular weight is 338 g/mol. The lowest BCUT2D eigenvalue weighted by Crippen LogP contribution is -2.52. The fraction of sp³-hybridized carbons (Fsp3) is 0.421. The number of para-hydroxylation sites is 1. The van der Waals surface area contributed by atoms with Crippen LogP contribution in [0, 0.1) is 6.92 Å². The molecule has 0 spiro atoms. The van der Waals surface area contributed by atoms with Crippen LogP contribution in [0.3, 0.4) is 0 Å². The number of aromatic nitrogens is 2. The van der Waals surface area contributed by atoms with E-state index in [1.54, 1.807) is 12.4 Å². The first-order valence-electron chi connectivity index (χ1n) is 8.73. The summed E-state index contributed by atoms with van der Waals surface area (Å²) in [6.45, 7) is 5.12. The Labute approximate surface area is 147 Å². The molecule has 0 unspecified atom stereocenters. The second-order valence-electron chi connectivity index (χ2n) is 6.73. The second kappa shape index (κ2) is 6.80. The average Bonchev–Trinajstić information content (AvgIpc) is 3.04. The summed E-state index contributed by atoms with van der Waals surface area (Å²) >= 11 is 0. The van der Waals surface area contributed by atoms with Gasteiger partial charge in [0.1, 0.15) is 17.5 Å². The molecule has 1 amide bonds. The molecule has 130 valence electrons. The first-order valence-corrected chi connectivity index (χ1v) is 8.73. The van der Waals surface area contributed by atoms with E-state index in [9.17, 15) is 4.79 Å². The monoisotopic (exact) mass is 338 g/mol.